The minimum atomic E-state index is 0.299. The van der Waals surface area contributed by atoms with E-state index >= 15 is 0 Å². The van der Waals surface area contributed by atoms with Gasteiger partial charge in [0.05, 0.1) is 6.61 Å². The number of aryl methyl sites for hydroxylation is 1. The molecule has 0 saturated carbocycles. The lowest BCUT2D eigenvalue weighted by Crippen LogP contribution is -2.18. The fourth-order valence-electron chi connectivity index (χ4n) is 2.97. The van der Waals surface area contributed by atoms with E-state index in [1.165, 1.54) is 22.3 Å². The largest absolute Gasteiger partial charge is 0.493 e. The van der Waals surface area contributed by atoms with Crippen LogP contribution in [0.2, 0.25) is 0 Å². The van der Waals surface area contributed by atoms with E-state index in [2.05, 4.69) is 92.0 Å². The third kappa shape index (κ3) is 5.21. The van der Waals surface area contributed by atoms with Gasteiger partial charge in [-0.15, -0.1) is 0 Å². The first kappa shape index (κ1) is 18.2. The molecule has 1 unspecified atom stereocenters. The Morgan fingerprint density at radius 3 is 2.27 bits per heavy atom. The molecule has 0 bridgehead atoms. The van der Waals surface area contributed by atoms with Gasteiger partial charge >= 0.3 is 0 Å². The van der Waals surface area contributed by atoms with Gasteiger partial charge in [-0.1, -0.05) is 66.7 Å². The molecule has 2 heteroatoms. The molecule has 3 aromatic carbocycles. The van der Waals surface area contributed by atoms with Crippen LogP contribution in [0, 0.1) is 6.92 Å². The Labute approximate surface area is 156 Å². The molecule has 0 heterocycles. The van der Waals surface area contributed by atoms with Gasteiger partial charge in [0.2, 0.25) is 0 Å². The summed E-state index contributed by atoms with van der Waals surface area (Å²) in [5, 5.41) is 3.60. The first-order valence-corrected chi connectivity index (χ1v) is 9.27. The number of rotatable bonds is 8. The number of ether oxygens (including phenoxy) is 1. The molecular formula is C24H27NO. The number of benzene rings is 3. The smallest absolute Gasteiger partial charge is 0.119 e. The van der Waals surface area contributed by atoms with Crippen LogP contribution in [0.4, 0.5) is 0 Å². The highest BCUT2D eigenvalue weighted by molar-refractivity contribution is 5.30. The maximum absolute atomic E-state index is 5.87. The molecule has 1 N–H and O–H groups in total. The molecule has 0 spiro atoms. The van der Waals surface area contributed by atoms with Gasteiger partial charge < -0.3 is 10.1 Å². The normalized spacial score (nSPS) is 11.9. The van der Waals surface area contributed by atoms with Crippen LogP contribution in [0.5, 0.6) is 5.75 Å². The van der Waals surface area contributed by atoms with Crippen LogP contribution in [0.3, 0.4) is 0 Å². The Morgan fingerprint density at radius 2 is 1.54 bits per heavy atom. The average molecular weight is 345 g/mol. The van der Waals surface area contributed by atoms with Crippen molar-refractivity contribution in [2.75, 3.05) is 6.61 Å². The molecule has 0 radical (unpaired) electrons. The van der Waals surface area contributed by atoms with Gasteiger partial charge in [0.1, 0.15) is 5.75 Å². The van der Waals surface area contributed by atoms with Crippen molar-refractivity contribution in [1.29, 1.82) is 0 Å². The van der Waals surface area contributed by atoms with Crippen LogP contribution in [0.25, 0.3) is 0 Å². The zero-order valence-electron chi connectivity index (χ0n) is 15.6. The summed E-state index contributed by atoms with van der Waals surface area (Å²) >= 11 is 0. The van der Waals surface area contributed by atoms with Gasteiger partial charge in [-0.25, -0.2) is 0 Å². The fourth-order valence-corrected chi connectivity index (χ4v) is 2.97. The minimum Gasteiger partial charge on any atom is -0.493 e. The summed E-state index contributed by atoms with van der Waals surface area (Å²) in [6, 6.07) is 27.7. The molecule has 0 aliphatic carbocycles. The lowest BCUT2D eigenvalue weighted by Gasteiger charge is -2.16. The summed E-state index contributed by atoms with van der Waals surface area (Å²) in [5.41, 5.74) is 5.25. The lowest BCUT2D eigenvalue weighted by atomic mass is 10.1. The van der Waals surface area contributed by atoms with Crippen molar-refractivity contribution in [2.45, 2.75) is 32.9 Å². The minimum absolute atomic E-state index is 0.299. The van der Waals surface area contributed by atoms with Crippen LogP contribution < -0.4 is 10.1 Å². The maximum Gasteiger partial charge on any atom is 0.119 e. The van der Waals surface area contributed by atoms with E-state index in [-0.39, 0.29) is 0 Å². The van der Waals surface area contributed by atoms with Crippen molar-refractivity contribution in [2.24, 2.45) is 0 Å². The highest BCUT2D eigenvalue weighted by atomic mass is 16.5. The molecule has 3 aromatic rings. The van der Waals surface area contributed by atoms with E-state index in [9.17, 15) is 0 Å². The van der Waals surface area contributed by atoms with Crippen LogP contribution >= 0.6 is 0 Å². The average Bonchev–Trinajstić information content (AvgIpc) is 2.68. The first-order valence-electron chi connectivity index (χ1n) is 9.27. The molecule has 2 nitrogen and oxygen atoms in total. The molecule has 3 rings (SSSR count). The predicted octanol–water partition coefficient (Wildman–Crippen LogP) is 5.47. The maximum atomic E-state index is 5.87. The Bertz CT molecular complexity index is 796. The van der Waals surface area contributed by atoms with Crippen LogP contribution in [0.15, 0.2) is 78.9 Å². The summed E-state index contributed by atoms with van der Waals surface area (Å²) in [5.74, 6) is 0.927. The topological polar surface area (TPSA) is 21.3 Å². The number of hydrogen-bond donors (Lipinski definition) is 1. The van der Waals surface area contributed by atoms with Gasteiger partial charge in [0, 0.05) is 19.0 Å². The standard InChI is InChI=1S/C24H27NO/c1-19-8-6-7-11-23(19)18-25-20(2)22-12-14-24(15-13-22)26-17-16-21-9-4-3-5-10-21/h3-15,20,25H,16-18H2,1-2H3. The Morgan fingerprint density at radius 1 is 0.846 bits per heavy atom. The molecule has 0 saturated heterocycles. The Balaban J connectivity index is 1.48. The lowest BCUT2D eigenvalue weighted by molar-refractivity contribution is 0.322. The zero-order valence-corrected chi connectivity index (χ0v) is 15.6. The monoisotopic (exact) mass is 345 g/mol. The molecule has 134 valence electrons. The van der Waals surface area contributed by atoms with Crippen molar-refractivity contribution in [1.82, 2.24) is 5.32 Å². The van der Waals surface area contributed by atoms with E-state index in [1.54, 1.807) is 0 Å². The Hall–Kier alpha value is -2.58. The van der Waals surface area contributed by atoms with Gasteiger partial charge in [0.25, 0.3) is 0 Å². The number of hydrogen-bond acceptors (Lipinski definition) is 2. The van der Waals surface area contributed by atoms with Crippen LogP contribution in [-0.2, 0) is 13.0 Å². The summed E-state index contributed by atoms with van der Waals surface area (Å²) in [4.78, 5) is 0. The van der Waals surface area contributed by atoms with Crippen molar-refractivity contribution < 1.29 is 4.74 Å². The molecule has 0 aliphatic heterocycles. The molecule has 0 amide bonds. The summed E-state index contributed by atoms with van der Waals surface area (Å²) in [6.45, 7) is 5.93. The Kier molecular flexibility index (Phi) is 6.45. The summed E-state index contributed by atoms with van der Waals surface area (Å²) in [7, 11) is 0. The SMILES string of the molecule is Cc1ccccc1CNC(C)c1ccc(OCCc2ccccc2)cc1. The quantitative estimate of drug-likeness (QED) is 0.585. The second-order valence-corrected chi connectivity index (χ2v) is 6.68. The van der Waals surface area contributed by atoms with E-state index in [4.69, 9.17) is 4.74 Å². The third-order valence-electron chi connectivity index (χ3n) is 4.74. The van der Waals surface area contributed by atoms with Gasteiger partial charge in [-0.3, -0.25) is 0 Å². The second kappa shape index (κ2) is 9.21. The van der Waals surface area contributed by atoms with Gasteiger partial charge in [-0.2, -0.15) is 0 Å². The molecular weight excluding hydrogens is 318 g/mol. The van der Waals surface area contributed by atoms with E-state index < -0.39 is 0 Å². The highest BCUT2D eigenvalue weighted by Gasteiger charge is 2.06. The summed E-state index contributed by atoms with van der Waals surface area (Å²) < 4.78 is 5.87. The summed E-state index contributed by atoms with van der Waals surface area (Å²) in [6.07, 6.45) is 0.928. The molecule has 0 fully saturated rings. The van der Waals surface area contributed by atoms with E-state index in [1.807, 2.05) is 6.07 Å². The third-order valence-corrected chi connectivity index (χ3v) is 4.74. The van der Waals surface area contributed by atoms with Crippen LogP contribution in [0.1, 0.15) is 35.2 Å². The molecule has 26 heavy (non-hydrogen) atoms. The first-order chi connectivity index (χ1) is 12.7. The zero-order chi connectivity index (χ0) is 18.2. The number of nitrogens with one attached hydrogen (secondary N) is 1. The van der Waals surface area contributed by atoms with Crippen molar-refractivity contribution in [3.63, 3.8) is 0 Å². The molecule has 0 aromatic heterocycles. The van der Waals surface area contributed by atoms with Crippen molar-refractivity contribution >= 4 is 0 Å². The second-order valence-electron chi connectivity index (χ2n) is 6.68. The van der Waals surface area contributed by atoms with Gasteiger partial charge in [0.15, 0.2) is 0 Å². The van der Waals surface area contributed by atoms with E-state index in [0.717, 1.165) is 18.7 Å². The highest BCUT2D eigenvalue weighted by Crippen LogP contribution is 2.19. The van der Waals surface area contributed by atoms with Crippen molar-refractivity contribution in [3.8, 4) is 5.75 Å². The fraction of sp³-hybridized carbons (Fsp3) is 0.250. The van der Waals surface area contributed by atoms with Crippen LogP contribution in [-0.4, -0.2) is 6.61 Å². The van der Waals surface area contributed by atoms with Gasteiger partial charge in [-0.05, 0) is 48.2 Å². The van der Waals surface area contributed by atoms with E-state index in [0.29, 0.717) is 12.6 Å². The van der Waals surface area contributed by atoms with Crippen molar-refractivity contribution in [3.05, 3.63) is 101 Å². The predicted molar refractivity (Wildman–Crippen MR) is 109 cm³/mol. The molecule has 1 atom stereocenters. The molecule has 0 aliphatic rings.